The molecule has 1 aromatic carbocycles. The maximum Gasteiger partial charge on any atom is 0.255 e. The lowest BCUT2D eigenvalue weighted by Crippen LogP contribution is -2.38. The van der Waals surface area contributed by atoms with Crippen LogP contribution in [0.4, 0.5) is 10.1 Å². The molecule has 0 fully saturated rings. The number of halogens is 1. The number of nitrogens with zero attached hydrogens (tertiary/aromatic N) is 1. The molecule has 0 aliphatic carbocycles. The van der Waals surface area contributed by atoms with Gasteiger partial charge in [-0.15, -0.1) is 0 Å². The Bertz CT molecular complexity index is 418. The molecule has 17 heavy (non-hydrogen) atoms. The van der Waals surface area contributed by atoms with Crippen LogP contribution in [0.1, 0.15) is 31.1 Å². The maximum absolute atomic E-state index is 12.9. The molecule has 94 valence electrons. The van der Waals surface area contributed by atoms with Crippen molar-refractivity contribution < 1.29 is 9.18 Å². The van der Waals surface area contributed by atoms with Crippen molar-refractivity contribution in [2.24, 2.45) is 5.92 Å². The molecule has 1 rings (SSSR count). The highest BCUT2D eigenvalue weighted by atomic mass is 19.1. The molecule has 4 heteroatoms. The summed E-state index contributed by atoms with van der Waals surface area (Å²) in [5.74, 6) is -0.257. The van der Waals surface area contributed by atoms with E-state index in [0.29, 0.717) is 11.5 Å². The smallest absolute Gasteiger partial charge is 0.255 e. The van der Waals surface area contributed by atoms with Gasteiger partial charge in [-0.25, -0.2) is 4.39 Å². The summed E-state index contributed by atoms with van der Waals surface area (Å²) in [4.78, 5) is 13.8. The second-order valence-corrected chi connectivity index (χ2v) is 4.63. The highest BCUT2D eigenvalue weighted by molar-refractivity contribution is 5.99. The van der Waals surface area contributed by atoms with Crippen LogP contribution in [0.3, 0.4) is 0 Å². The third kappa shape index (κ3) is 2.96. The molecule has 0 aliphatic rings. The minimum atomic E-state index is -0.432. The number of hydrogen-bond acceptors (Lipinski definition) is 2. The zero-order valence-electron chi connectivity index (χ0n) is 10.7. The Morgan fingerprint density at radius 2 is 1.94 bits per heavy atom. The predicted octanol–water partition coefficient (Wildman–Crippen LogP) is 2.52. The average Bonchev–Trinajstić information content (AvgIpc) is 2.26. The van der Waals surface area contributed by atoms with Gasteiger partial charge in [0.1, 0.15) is 5.82 Å². The molecule has 1 unspecified atom stereocenters. The van der Waals surface area contributed by atoms with Crippen LogP contribution in [-0.4, -0.2) is 23.9 Å². The molecular formula is C13H19FN2O. The molecule has 1 amide bonds. The Morgan fingerprint density at radius 3 is 2.41 bits per heavy atom. The lowest BCUT2D eigenvalue weighted by molar-refractivity contribution is 0.0708. The summed E-state index contributed by atoms with van der Waals surface area (Å²) < 4.78 is 12.9. The minimum absolute atomic E-state index is 0.104. The van der Waals surface area contributed by atoms with Crippen molar-refractivity contribution >= 4 is 11.6 Å². The second kappa shape index (κ2) is 5.17. The fraction of sp³-hybridized carbons (Fsp3) is 0.462. The quantitative estimate of drug-likeness (QED) is 0.822. The molecular weight excluding hydrogens is 219 g/mol. The standard InChI is InChI=1S/C13H19FN2O/c1-8(2)9(3)16(4)13(17)11-6-5-10(14)7-12(11)15/h5-9H,15H2,1-4H3. The van der Waals surface area contributed by atoms with Gasteiger partial charge >= 0.3 is 0 Å². The van der Waals surface area contributed by atoms with Crippen LogP contribution in [-0.2, 0) is 0 Å². The molecule has 3 nitrogen and oxygen atoms in total. The number of nitrogen functional groups attached to an aromatic ring is 1. The van der Waals surface area contributed by atoms with Gasteiger partial charge in [-0.1, -0.05) is 13.8 Å². The monoisotopic (exact) mass is 238 g/mol. The Balaban J connectivity index is 2.96. The third-order valence-electron chi connectivity index (χ3n) is 3.14. The summed E-state index contributed by atoms with van der Waals surface area (Å²) >= 11 is 0. The van der Waals surface area contributed by atoms with Crippen molar-refractivity contribution in [1.82, 2.24) is 4.90 Å². The van der Waals surface area contributed by atoms with Crippen LogP contribution in [0, 0.1) is 11.7 Å². The number of hydrogen-bond donors (Lipinski definition) is 1. The summed E-state index contributed by atoms with van der Waals surface area (Å²) in [5.41, 5.74) is 6.18. The topological polar surface area (TPSA) is 46.3 Å². The summed E-state index contributed by atoms with van der Waals surface area (Å²) in [5, 5.41) is 0. The van der Waals surface area contributed by atoms with Gasteiger partial charge < -0.3 is 10.6 Å². The van der Waals surface area contributed by atoms with Gasteiger partial charge in [-0.05, 0) is 31.0 Å². The molecule has 1 aromatic rings. The molecule has 0 radical (unpaired) electrons. The predicted molar refractivity (Wildman–Crippen MR) is 67.2 cm³/mol. The first-order valence-corrected chi connectivity index (χ1v) is 5.66. The fourth-order valence-electron chi connectivity index (χ4n) is 1.55. The van der Waals surface area contributed by atoms with E-state index in [1.54, 1.807) is 11.9 Å². The van der Waals surface area contributed by atoms with E-state index in [-0.39, 0.29) is 17.6 Å². The molecule has 0 saturated heterocycles. The van der Waals surface area contributed by atoms with E-state index >= 15 is 0 Å². The van der Waals surface area contributed by atoms with Gasteiger partial charge in [-0.3, -0.25) is 4.79 Å². The Labute approximate surface area is 101 Å². The fourth-order valence-corrected chi connectivity index (χ4v) is 1.55. The lowest BCUT2D eigenvalue weighted by Gasteiger charge is -2.28. The number of amides is 1. The van der Waals surface area contributed by atoms with E-state index in [9.17, 15) is 9.18 Å². The number of anilines is 1. The SMILES string of the molecule is CC(C)C(C)N(C)C(=O)c1ccc(F)cc1N. The Morgan fingerprint density at radius 1 is 1.35 bits per heavy atom. The van der Waals surface area contributed by atoms with Crippen LogP contribution in [0.25, 0.3) is 0 Å². The van der Waals surface area contributed by atoms with E-state index in [1.165, 1.54) is 18.2 Å². The van der Waals surface area contributed by atoms with Crippen molar-refractivity contribution in [1.29, 1.82) is 0 Å². The maximum atomic E-state index is 12.9. The zero-order chi connectivity index (χ0) is 13.2. The largest absolute Gasteiger partial charge is 0.398 e. The van der Waals surface area contributed by atoms with Crippen LogP contribution in [0.2, 0.25) is 0 Å². The van der Waals surface area contributed by atoms with E-state index < -0.39 is 5.82 Å². The first-order valence-electron chi connectivity index (χ1n) is 5.66. The summed E-state index contributed by atoms with van der Waals surface area (Å²) in [6.45, 7) is 6.06. The van der Waals surface area contributed by atoms with E-state index in [2.05, 4.69) is 0 Å². The molecule has 0 heterocycles. The third-order valence-corrected chi connectivity index (χ3v) is 3.14. The van der Waals surface area contributed by atoms with Crippen LogP contribution in [0.5, 0.6) is 0 Å². The zero-order valence-corrected chi connectivity index (χ0v) is 10.7. The summed E-state index contributed by atoms with van der Waals surface area (Å²) in [7, 11) is 1.73. The Kier molecular flexibility index (Phi) is 4.10. The average molecular weight is 238 g/mol. The molecule has 0 aromatic heterocycles. The van der Waals surface area contributed by atoms with Gasteiger partial charge in [0, 0.05) is 18.8 Å². The van der Waals surface area contributed by atoms with E-state index in [0.717, 1.165) is 0 Å². The molecule has 0 bridgehead atoms. The molecule has 0 saturated carbocycles. The normalized spacial score (nSPS) is 12.6. The van der Waals surface area contributed by atoms with Gasteiger partial charge in [0.15, 0.2) is 0 Å². The van der Waals surface area contributed by atoms with Crippen molar-refractivity contribution in [3.05, 3.63) is 29.6 Å². The van der Waals surface area contributed by atoms with Crippen molar-refractivity contribution in [3.63, 3.8) is 0 Å². The molecule has 0 aliphatic heterocycles. The Hall–Kier alpha value is -1.58. The van der Waals surface area contributed by atoms with Gasteiger partial charge in [0.05, 0.1) is 5.56 Å². The van der Waals surface area contributed by atoms with Gasteiger partial charge in [0.25, 0.3) is 5.91 Å². The highest BCUT2D eigenvalue weighted by Gasteiger charge is 2.21. The summed E-state index contributed by atoms with van der Waals surface area (Å²) in [6.07, 6.45) is 0. The van der Waals surface area contributed by atoms with E-state index in [1.807, 2.05) is 20.8 Å². The minimum Gasteiger partial charge on any atom is -0.398 e. The number of rotatable bonds is 3. The number of nitrogens with two attached hydrogens (primary N) is 1. The summed E-state index contributed by atoms with van der Waals surface area (Å²) in [6, 6.07) is 3.95. The lowest BCUT2D eigenvalue weighted by atomic mass is 10.0. The highest BCUT2D eigenvalue weighted by Crippen LogP contribution is 2.18. The van der Waals surface area contributed by atoms with Crippen LogP contribution >= 0.6 is 0 Å². The van der Waals surface area contributed by atoms with Crippen molar-refractivity contribution in [2.45, 2.75) is 26.8 Å². The van der Waals surface area contributed by atoms with Gasteiger partial charge in [0.2, 0.25) is 0 Å². The van der Waals surface area contributed by atoms with Crippen molar-refractivity contribution in [2.75, 3.05) is 12.8 Å². The first kappa shape index (κ1) is 13.5. The second-order valence-electron chi connectivity index (χ2n) is 4.63. The van der Waals surface area contributed by atoms with Crippen LogP contribution < -0.4 is 5.73 Å². The number of benzene rings is 1. The first-order chi connectivity index (χ1) is 7.84. The van der Waals surface area contributed by atoms with Gasteiger partial charge in [-0.2, -0.15) is 0 Å². The number of carbonyl (C=O) groups excluding carboxylic acids is 1. The molecule has 0 spiro atoms. The van der Waals surface area contributed by atoms with E-state index in [4.69, 9.17) is 5.73 Å². The number of carbonyl (C=O) groups is 1. The molecule has 1 atom stereocenters. The van der Waals surface area contributed by atoms with Crippen molar-refractivity contribution in [3.8, 4) is 0 Å². The van der Waals surface area contributed by atoms with Crippen LogP contribution in [0.15, 0.2) is 18.2 Å². The molecule has 2 N–H and O–H groups in total.